The summed E-state index contributed by atoms with van der Waals surface area (Å²) in [7, 11) is 0. The van der Waals surface area contributed by atoms with Crippen LogP contribution in [-0.4, -0.2) is 20.1 Å². The van der Waals surface area contributed by atoms with Crippen LogP contribution in [0.1, 0.15) is 32.2 Å². The Kier molecular flexibility index (Phi) is 3.00. The molecular weight excluding hydrogens is 206 g/mol. The number of rotatable bonds is 4. The zero-order valence-corrected chi connectivity index (χ0v) is 9.34. The van der Waals surface area contributed by atoms with Gasteiger partial charge in [0.2, 0.25) is 11.7 Å². The lowest BCUT2D eigenvalue weighted by molar-refractivity contribution is 0.335. The number of hydrogen-bond donors (Lipinski definition) is 2. The van der Waals surface area contributed by atoms with Crippen molar-refractivity contribution in [3.63, 3.8) is 0 Å². The Morgan fingerprint density at radius 2 is 2.31 bits per heavy atom. The van der Waals surface area contributed by atoms with E-state index in [9.17, 15) is 0 Å². The predicted molar refractivity (Wildman–Crippen MR) is 58.3 cm³/mol. The second-order valence-electron chi connectivity index (χ2n) is 4.13. The van der Waals surface area contributed by atoms with Crippen molar-refractivity contribution in [1.29, 1.82) is 0 Å². The van der Waals surface area contributed by atoms with Gasteiger partial charge in [0.15, 0.2) is 5.82 Å². The van der Waals surface area contributed by atoms with Gasteiger partial charge in [0.05, 0.1) is 6.04 Å². The third-order valence-electron chi connectivity index (χ3n) is 2.19. The summed E-state index contributed by atoms with van der Waals surface area (Å²) >= 11 is 0. The Morgan fingerprint density at radius 1 is 1.50 bits per heavy atom. The third kappa shape index (κ3) is 2.27. The number of imidazole rings is 1. The van der Waals surface area contributed by atoms with Gasteiger partial charge in [-0.25, -0.2) is 4.98 Å². The molecule has 2 aromatic heterocycles. The van der Waals surface area contributed by atoms with Crippen LogP contribution in [0.3, 0.4) is 0 Å². The van der Waals surface area contributed by atoms with Crippen LogP contribution in [0.4, 0.5) is 0 Å². The van der Waals surface area contributed by atoms with Gasteiger partial charge in [0, 0.05) is 12.4 Å². The molecular formula is C10H15N5O. The van der Waals surface area contributed by atoms with Crippen molar-refractivity contribution in [3.05, 3.63) is 18.3 Å². The largest absolute Gasteiger partial charge is 0.342 e. The number of hydrogen-bond acceptors (Lipinski definition) is 5. The van der Waals surface area contributed by atoms with Crippen LogP contribution < -0.4 is 5.73 Å². The van der Waals surface area contributed by atoms with Crippen LogP contribution in [0.2, 0.25) is 0 Å². The van der Waals surface area contributed by atoms with Gasteiger partial charge in [-0.2, -0.15) is 4.98 Å². The highest BCUT2D eigenvalue weighted by molar-refractivity contribution is 5.40. The van der Waals surface area contributed by atoms with E-state index in [1.54, 1.807) is 12.4 Å². The molecule has 6 nitrogen and oxygen atoms in total. The van der Waals surface area contributed by atoms with Gasteiger partial charge in [-0.1, -0.05) is 19.0 Å². The number of aromatic amines is 1. The van der Waals surface area contributed by atoms with Gasteiger partial charge >= 0.3 is 0 Å². The standard InChI is InChI=1S/C10H15N5O/c1-6(2)5-7(11)10-14-9(15-16-10)8-12-3-4-13-8/h3-4,6-7H,5,11H2,1-2H3,(H,12,13)/t7-/m0/s1. The number of H-pyrrole nitrogens is 1. The zero-order chi connectivity index (χ0) is 11.5. The van der Waals surface area contributed by atoms with Crippen LogP contribution >= 0.6 is 0 Å². The molecule has 2 heterocycles. The number of nitrogens with two attached hydrogens (primary N) is 1. The monoisotopic (exact) mass is 221 g/mol. The van der Waals surface area contributed by atoms with Crippen molar-refractivity contribution < 1.29 is 4.52 Å². The summed E-state index contributed by atoms with van der Waals surface area (Å²) in [6.45, 7) is 4.20. The number of aromatic nitrogens is 4. The normalized spacial score (nSPS) is 13.2. The maximum absolute atomic E-state index is 5.94. The highest BCUT2D eigenvalue weighted by Gasteiger charge is 2.17. The summed E-state index contributed by atoms with van der Waals surface area (Å²) in [6.07, 6.45) is 4.17. The second-order valence-corrected chi connectivity index (χ2v) is 4.13. The topological polar surface area (TPSA) is 93.6 Å². The fourth-order valence-electron chi connectivity index (χ4n) is 1.48. The molecule has 0 aliphatic heterocycles. The minimum Gasteiger partial charge on any atom is -0.342 e. The van der Waals surface area contributed by atoms with E-state index in [4.69, 9.17) is 10.3 Å². The average Bonchev–Trinajstić information content (AvgIpc) is 2.87. The second kappa shape index (κ2) is 4.44. The van der Waals surface area contributed by atoms with Gasteiger partial charge in [-0.15, -0.1) is 0 Å². The summed E-state index contributed by atoms with van der Waals surface area (Å²) in [4.78, 5) is 11.2. The van der Waals surface area contributed by atoms with Crippen molar-refractivity contribution in [2.45, 2.75) is 26.3 Å². The minimum atomic E-state index is -0.212. The first-order valence-electron chi connectivity index (χ1n) is 5.25. The van der Waals surface area contributed by atoms with Crippen LogP contribution in [0.15, 0.2) is 16.9 Å². The van der Waals surface area contributed by atoms with Gasteiger partial charge in [-0.05, 0) is 12.3 Å². The lowest BCUT2D eigenvalue weighted by atomic mass is 10.0. The van der Waals surface area contributed by atoms with Crippen LogP contribution in [0.25, 0.3) is 11.6 Å². The van der Waals surface area contributed by atoms with E-state index in [0.717, 1.165) is 6.42 Å². The Balaban J connectivity index is 2.13. The molecule has 16 heavy (non-hydrogen) atoms. The van der Waals surface area contributed by atoms with Gasteiger partial charge < -0.3 is 15.2 Å². The smallest absolute Gasteiger partial charge is 0.243 e. The summed E-state index contributed by atoms with van der Waals surface area (Å²) in [5.41, 5.74) is 5.94. The molecule has 0 radical (unpaired) electrons. The highest BCUT2D eigenvalue weighted by Crippen LogP contribution is 2.19. The van der Waals surface area contributed by atoms with Gasteiger partial charge in [0.1, 0.15) is 0 Å². The maximum atomic E-state index is 5.94. The molecule has 0 spiro atoms. The average molecular weight is 221 g/mol. The Hall–Kier alpha value is -1.69. The molecule has 6 heteroatoms. The Bertz CT molecular complexity index is 434. The fourth-order valence-corrected chi connectivity index (χ4v) is 1.48. The molecule has 86 valence electrons. The van der Waals surface area contributed by atoms with E-state index in [-0.39, 0.29) is 6.04 Å². The summed E-state index contributed by atoms with van der Waals surface area (Å²) in [6, 6.07) is -0.212. The zero-order valence-electron chi connectivity index (χ0n) is 9.34. The highest BCUT2D eigenvalue weighted by atomic mass is 16.5. The molecule has 0 bridgehead atoms. The van der Waals surface area contributed by atoms with Crippen LogP contribution in [-0.2, 0) is 0 Å². The number of nitrogens with zero attached hydrogens (tertiary/aromatic N) is 3. The van der Waals surface area contributed by atoms with Crippen molar-refractivity contribution >= 4 is 0 Å². The van der Waals surface area contributed by atoms with E-state index in [2.05, 4.69) is 34.0 Å². The lowest BCUT2D eigenvalue weighted by Gasteiger charge is -2.08. The Labute approximate surface area is 93.3 Å². The first kappa shape index (κ1) is 10.8. The van der Waals surface area contributed by atoms with E-state index in [1.807, 2.05) is 0 Å². The molecule has 0 saturated carbocycles. The van der Waals surface area contributed by atoms with Crippen molar-refractivity contribution in [2.75, 3.05) is 0 Å². The first-order chi connectivity index (χ1) is 7.66. The third-order valence-corrected chi connectivity index (χ3v) is 2.19. The van der Waals surface area contributed by atoms with E-state index in [0.29, 0.717) is 23.5 Å². The van der Waals surface area contributed by atoms with E-state index in [1.165, 1.54) is 0 Å². The molecule has 0 unspecified atom stereocenters. The quantitative estimate of drug-likeness (QED) is 0.816. The molecule has 3 N–H and O–H groups in total. The molecule has 0 aliphatic rings. The molecule has 0 amide bonds. The summed E-state index contributed by atoms with van der Waals surface area (Å²) < 4.78 is 5.11. The Morgan fingerprint density at radius 3 is 2.94 bits per heavy atom. The molecule has 1 atom stereocenters. The van der Waals surface area contributed by atoms with Crippen LogP contribution in [0.5, 0.6) is 0 Å². The van der Waals surface area contributed by atoms with Crippen LogP contribution in [0, 0.1) is 5.92 Å². The van der Waals surface area contributed by atoms with Crippen molar-refractivity contribution in [2.24, 2.45) is 11.7 Å². The first-order valence-corrected chi connectivity index (χ1v) is 5.25. The van der Waals surface area contributed by atoms with Crippen molar-refractivity contribution in [3.8, 4) is 11.6 Å². The van der Waals surface area contributed by atoms with Gasteiger partial charge in [0.25, 0.3) is 0 Å². The number of nitrogens with one attached hydrogen (secondary N) is 1. The minimum absolute atomic E-state index is 0.212. The molecule has 2 aromatic rings. The molecule has 2 rings (SSSR count). The predicted octanol–water partition coefficient (Wildman–Crippen LogP) is 1.51. The summed E-state index contributed by atoms with van der Waals surface area (Å²) in [5.74, 6) is 1.99. The van der Waals surface area contributed by atoms with Crippen molar-refractivity contribution in [1.82, 2.24) is 20.1 Å². The van der Waals surface area contributed by atoms with Gasteiger partial charge in [-0.3, -0.25) is 0 Å². The van der Waals surface area contributed by atoms with E-state index < -0.39 is 0 Å². The molecule has 0 aromatic carbocycles. The molecule has 0 aliphatic carbocycles. The summed E-state index contributed by atoms with van der Waals surface area (Å²) in [5, 5.41) is 3.83. The fraction of sp³-hybridized carbons (Fsp3) is 0.500. The maximum Gasteiger partial charge on any atom is 0.243 e. The molecule has 0 saturated heterocycles. The molecule has 0 fully saturated rings. The SMILES string of the molecule is CC(C)C[C@H](N)c1nc(-c2ncc[nH]2)no1. The van der Waals surface area contributed by atoms with E-state index >= 15 is 0 Å². The lowest BCUT2D eigenvalue weighted by Crippen LogP contribution is -2.13.